The molecule has 2 aliphatic rings. The minimum Gasteiger partial charge on any atom is -0.399 e. The molecule has 2 heterocycles. The molecule has 2 unspecified atom stereocenters. The van der Waals surface area contributed by atoms with Crippen molar-refractivity contribution in [1.29, 1.82) is 0 Å². The lowest BCUT2D eigenvalue weighted by Gasteiger charge is -2.36. The third-order valence-corrected chi connectivity index (χ3v) is 3.87. The molecule has 0 aromatic heterocycles. The summed E-state index contributed by atoms with van der Waals surface area (Å²) >= 11 is 0. The highest BCUT2D eigenvalue weighted by molar-refractivity contribution is 5.48. The van der Waals surface area contributed by atoms with Crippen molar-refractivity contribution in [2.45, 2.75) is 31.7 Å². The number of fused-ring (bicyclic) bond motifs is 3. The molecule has 15 heavy (non-hydrogen) atoms. The van der Waals surface area contributed by atoms with Crippen LogP contribution < -0.4 is 5.73 Å². The van der Waals surface area contributed by atoms with Crippen molar-refractivity contribution in [2.75, 3.05) is 18.8 Å². The smallest absolute Gasteiger partial charge is 0.0352 e. The predicted molar refractivity (Wildman–Crippen MR) is 62.8 cm³/mol. The van der Waals surface area contributed by atoms with Crippen molar-refractivity contribution in [2.24, 2.45) is 0 Å². The summed E-state index contributed by atoms with van der Waals surface area (Å²) in [7, 11) is 0. The van der Waals surface area contributed by atoms with E-state index < -0.39 is 0 Å². The van der Waals surface area contributed by atoms with E-state index in [9.17, 15) is 0 Å². The largest absolute Gasteiger partial charge is 0.399 e. The predicted octanol–water partition coefficient (Wildman–Crippen LogP) is 2.52. The van der Waals surface area contributed by atoms with Gasteiger partial charge in [0.25, 0.3) is 0 Å². The van der Waals surface area contributed by atoms with E-state index in [1.54, 1.807) is 0 Å². The van der Waals surface area contributed by atoms with Gasteiger partial charge in [0.15, 0.2) is 0 Å². The van der Waals surface area contributed by atoms with Crippen molar-refractivity contribution in [3.05, 3.63) is 29.3 Å². The van der Waals surface area contributed by atoms with E-state index in [1.165, 1.54) is 37.1 Å². The summed E-state index contributed by atoms with van der Waals surface area (Å²) in [6.07, 6.45) is 2.65. The van der Waals surface area contributed by atoms with E-state index in [0.717, 1.165) is 5.69 Å². The Kier molecular flexibility index (Phi) is 1.99. The summed E-state index contributed by atoms with van der Waals surface area (Å²) in [4.78, 5) is 2.62. The maximum absolute atomic E-state index is 5.89. The third kappa shape index (κ3) is 1.36. The van der Waals surface area contributed by atoms with E-state index in [-0.39, 0.29) is 0 Å². The number of hydrogen-bond donors (Lipinski definition) is 1. The Balaban J connectivity index is 2.11. The first-order chi connectivity index (χ1) is 7.25. The second-order valence-electron chi connectivity index (χ2n) is 4.94. The molecule has 0 aliphatic carbocycles. The standard InChI is InChI=1S/C13H18N2/c1-9-8-15-6-2-3-13(15)12-7-10(14)4-5-11(9)12/h4-5,7,9,13H,2-3,6,8,14H2,1H3. The second-order valence-corrected chi connectivity index (χ2v) is 4.94. The van der Waals surface area contributed by atoms with Gasteiger partial charge in [-0.15, -0.1) is 0 Å². The molecule has 0 saturated carbocycles. The Morgan fingerprint density at radius 1 is 1.33 bits per heavy atom. The number of anilines is 1. The van der Waals surface area contributed by atoms with E-state index in [4.69, 9.17) is 5.73 Å². The van der Waals surface area contributed by atoms with Gasteiger partial charge in [-0.3, -0.25) is 4.90 Å². The average molecular weight is 202 g/mol. The molecule has 1 fully saturated rings. The highest BCUT2D eigenvalue weighted by Gasteiger charge is 2.33. The number of benzene rings is 1. The Labute approximate surface area is 91.1 Å². The molecule has 2 N–H and O–H groups in total. The Morgan fingerprint density at radius 3 is 3.07 bits per heavy atom. The molecule has 2 aliphatic heterocycles. The van der Waals surface area contributed by atoms with Crippen molar-refractivity contribution in [3.8, 4) is 0 Å². The van der Waals surface area contributed by atoms with Crippen LogP contribution in [-0.2, 0) is 0 Å². The molecule has 2 nitrogen and oxygen atoms in total. The summed E-state index contributed by atoms with van der Waals surface area (Å²) in [5.41, 5.74) is 9.82. The minimum absolute atomic E-state index is 0.652. The summed E-state index contributed by atoms with van der Waals surface area (Å²) < 4.78 is 0. The van der Waals surface area contributed by atoms with Crippen molar-refractivity contribution < 1.29 is 0 Å². The molecule has 0 amide bonds. The zero-order valence-corrected chi connectivity index (χ0v) is 9.24. The number of nitrogen functional groups attached to an aromatic ring is 1. The van der Waals surface area contributed by atoms with E-state index in [0.29, 0.717) is 12.0 Å². The molecule has 2 heteroatoms. The summed E-state index contributed by atoms with van der Waals surface area (Å²) in [6, 6.07) is 7.11. The zero-order chi connectivity index (χ0) is 10.4. The summed E-state index contributed by atoms with van der Waals surface area (Å²) in [6.45, 7) is 4.81. The van der Waals surface area contributed by atoms with Gasteiger partial charge in [0, 0.05) is 18.3 Å². The van der Waals surface area contributed by atoms with Crippen LogP contribution in [0.4, 0.5) is 5.69 Å². The number of hydrogen-bond acceptors (Lipinski definition) is 2. The Bertz CT molecular complexity index is 386. The van der Waals surface area contributed by atoms with Gasteiger partial charge in [-0.1, -0.05) is 13.0 Å². The molecule has 0 bridgehead atoms. The molecular formula is C13H18N2. The maximum atomic E-state index is 5.89. The highest BCUT2D eigenvalue weighted by Crippen LogP contribution is 2.42. The molecule has 1 saturated heterocycles. The monoisotopic (exact) mass is 202 g/mol. The normalized spacial score (nSPS) is 29.9. The number of nitrogens with two attached hydrogens (primary N) is 1. The molecule has 0 radical (unpaired) electrons. The first-order valence-electron chi connectivity index (χ1n) is 5.89. The lowest BCUT2D eigenvalue weighted by molar-refractivity contribution is 0.225. The van der Waals surface area contributed by atoms with Crippen LogP contribution in [0, 0.1) is 0 Å². The number of rotatable bonds is 0. The van der Waals surface area contributed by atoms with Crippen LogP contribution in [0.15, 0.2) is 18.2 Å². The first kappa shape index (κ1) is 9.22. The molecule has 80 valence electrons. The maximum Gasteiger partial charge on any atom is 0.0352 e. The fourth-order valence-electron chi connectivity index (χ4n) is 3.18. The SMILES string of the molecule is CC1CN2CCCC2c2cc(N)ccc21. The summed E-state index contributed by atoms with van der Waals surface area (Å²) in [5, 5.41) is 0. The van der Waals surface area contributed by atoms with Gasteiger partial charge >= 0.3 is 0 Å². The third-order valence-electron chi connectivity index (χ3n) is 3.87. The summed E-state index contributed by atoms with van der Waals surface area (Å²) in [5.74, 6) is 0.662. The van der Waals surface area contributed by atoms with Crippen LogP contribution in [0.1, 0.15) is 42.9 Å². The highest BCUT2D eigenvalue weighted by atomic mass is 15.2. The Hall–Kier alpha value is -1.02. The Morgan fingerprint density at radius 2 is 2.20 bits per heavy atom. The van der Waals surface area contributed by atoms with Crippen LogP contribution >= 0.6 is 0 Å². The van der Waals surface area contributed by atoms with Crippen LogP contribution in [0.25, 0.3) is 0 Å². The van der Waals surface area contributed by atoms with E-state index in [1.807, 2.05) is 6.07 Å². The molecule has 1 aromatic rings. The van der Waals surface area contributed by atoms with Crippen molar-refractivity contribution in [1.82, 2.24) is 4.90 Å². The topological polar surface area (TPSA) is 29.3 Å². The quantitative estimate of drug-likeness (QED) is 0.655. The van der Waals surface area contributed by atoms with E-state index in [2.05, 4.69) is 24.0 Å². The van der Waals surface area contributed by atoms with Gasteiger partial charge in [-0.25, -0.2) is 0 Å². The lowest BCUT2D eigenvalue weighted by atomic mass is 9.86. The van der Waals surface area contributed by atoms with Gasteiger partial charge in [-0.2, -0.15) is 0 Å². The fraction of sp³-hybridized carbons (Fsp3) is 0.538. The molecule has 0 spiro atoms. The minimum atomic E-state index is 0.652. The van der Waals surface area contributed by atoms with Gasteiger partial charge in [0.1, 0.15) is 0 Å². The molecular weight excluding hydrogens is 184 g/mol. The molecule has 2 atom stereocenters. The van der Waals surface area contributed by atoms with Crippen molar-refractivity contribution >= 4 is 5.69 Å². The van der Waals surface area contributed by atoms with Gasteiger partial charge in [0.2, 0.25) is 0 Å². The molecule has 1 aromatic carbocycles. The number of nitrogens with zero attached hydrogens (tertiary/aromatic N) is 1. The zero-order valence-electron chi connectivity index (χ0n) is 9.24. The average Bonchev–Trinajstić information content (AvgIpc) is 2.65. The van der Waals surface area contributed by atoms with E-state index >= 15 is 0 Å². The van der Waals surface area contributed by atoms with Gasteiger partial charge in [-0.05, 0) is 48.6 Å². The fourth-order valence-corrected chi connectivity index (χ4v) is 3.18. The van der Waals surface area contributed by atoms with Crippen LogP contribution in [0.3, 0.4) is 0 Å². The van der Waals surface area contributed by atoms with Crippen LogP contribution in [-0.4, -0.2) is 18.0 Å². The van der Waals surface area contributed by atoms with Gasteiger partial charge < -0.3 is 5.73 Å². The second kappa shape index (κ2) is 3.24. The van der Waals surface area contributed by atoms with Crippen LogP contribution in [0.2, 0.25) is 0 Å². The van der Waals surface area contributed by atoms with Crippen LogP contribution in [0.5, 0.6) is 0 Å². The molecule has 3 rings (SSSR count). The van der Waals surface area contributed by atoms with Crippen molar-refractivity contribution in [3.63, 3.8) is 0 Å². The lowest BCUT2D eigenvalue weighted by Crippen LogP contribution is -2.33. The first-order valence-corrected chi connectivity index (χ1v) is 5.89. The van der Waals surface area contributed by atoms with Gasteiger partial charge in [0.05, 0.1) is 0 Å².